The summed E-state index contributed by atoms with van der Waals surface area (Å²) in [5, 5.41) is 10.2. The molecule has 0 atom stereocenters. The number of benzene rings is 2. The molecule has 0 aliphatic carbocycles. The second-order valence-corrected chi connectivity index (χ2v) is 7.13. The molecule has 0 saturated carbocycles. The average molecular weight is 412 g/mol. The van der Waals surface area contributed by atoms with Gasteiger partial charge in [0, 0.05) is 26.2 Å². The van der Waals surface area contributed by atoms with Crippen LogP contribution in [0.2, 0.25) is 5.02 Å². The Morgan fingerprint density at radius 2 is 1.89 bits per heavy atom. The van der Waals surface area contributed by atoms with E-state index in [1.165, 1.54) is 0 Å². The van der Waals surface area contributed by atoms with Gasteiger partial charge in [-0.05, 0) is 30.7 Å². The van der Waals surface area contributed by atoms with E-state index in [-0.39, 0.29) is 16.0 Å². The first kappa shape index (κ1) is 19.1. The van der Waals surface area contributed by atoms with Crippen molar-refractivity contribution in [3.8, 4) is 5.75 Å². The predicted octanol–water partition coefficient (Wildman–Crippen LogP) is 4.52. The Labute approximate surface area is 160 Å². The number of carbonyl (C=O) groups is 2. The van der Waals surface area contributed by atoms with Gasteiger partial charge in [-0.1, -0.05) is 17.7 Å². The van der Waals surface area contributed by atoms with Crippen LogP contribution < -0.4 is 10.5 Å². The lowest BCUT2D eigenvalue weighted by Gasteiger charge is -2.10. The second-order valence-electron chi connectivity index (χ2n) is 5.71. The fourth-order valence-corrected chi connectivity index (χ4v) is 4.11. The van der Waals surface area contributed by atoms with E-state index in [1.807, 2.05) is 0 Å². The molecule has 0 aliphatic rings. The highest BCUT2D eigenvalue weighted by Crippen LogP contribution is 2.39. The number of aromatic carboxylic acids is 1. The van der Waals surface area contributed by atoms with E-state index in [2.05, 4.69) is 0 Å². The summed E-state index contributed by atoms with van der Waals surface area (Å²) in [7, 11) is 0. The number of hydrogen-bond donors (Lipinski definition) is 2. The Balaban J connectivity index is 2.06. The number of hydrogen-bond acceptors (Lipinski definition) is 4. The minimum absolute atomic E-state index is 0.0317. The summed E-state index contributed by atoms with van der Waals surface area (Å²) in [5.41, 5.74) is 5.70. The van der Waals surface area contributed by atoms with Crippen molar-refractivity contribution < 1.29 is 28.2 Å². The van der Waals surface area contributed by atoms with Crippen LogP contribution >= 0.6 is 22.9 Å². The molecule has 0 bridgehead atoms. The fourth-order valence-electron chi connectivity index (χ4n) is 2.65. The average Bonchev–Trinajstić information content (AvgIpc) is 2.98. The van der Waals surface area contributed by atoms with Crippen LogP contribution in [0.1, 0.15) is 31.2 Å². The number of ether oxygens (including phenoxy) is 1. The Hall–Kier alpha value is -2.71. The first-order valence-electron chi connectivity index (χ1n) is 7.56. The molecular weight excluding hydrogens is 400 g/mol. The molecule has 5 nitrogen and oxygen atoms in total. The summed E-state index contributed by atoms with van der Waals surface area (Å²) >= 11 is 7.22. The van der Waals surface area contributed by atoms with Crippen LogP contribution in [0.4, 0.5) is 8.78 Å². The zero-order valence-corrected chi connectivity index (χ0v) is 15.4. The van der Waals surface area contributed by atoms with Gasteiger partial charge in [0.2, 0.25) is 5.91 Å². The van der Waals surface area contributed by atoms with Gasteiger partial charge in [0.15, 0.2) is 17.4 Å². The summed E-state index contributed by atoms with van der Waals surface area (Å²) in [5.74, 6) is -5.17. The molecule has 1 aromatic heterocycles. The van der Waals surface area contributed by atoms with Gasteiger partial charge in [-0.3, -0.25) is 4.79 Å². The molecule has 9 heteroatoms. The number of amides is 1. The van der Waals surface area contributed by atoms with Gasteiger partial charge >= 0.3 is 5.97 Å². The van der Waals surface area contributed by atoms with Gasteiger partial charge < -0.3 is 15.6 Å². The number of rotatable bonds is 5. The van der Waals surface area contributed by atoms with Crippen LogP contribution in [0.25, 0.3) is 10.1 Å². The normalized spacial score (nSPS) is 11.0. The van der Waals surface area contributed by atoms with Crippen LogP contribution in [0.5, 0.6) is 5.75 Å². The Morgan fingerprint density at radius 3 is 2.44 bits per heavy atom. The van der Waals surface area contributed by atoms with E-state index in [0.29, 0.717) is 15.1 Å². The largest absolute Gasteiger partial charge is 0.483 e. The van der Waals surface area contributed by atoms with Gasteiger partial charge in [-0.25, -0.2) is 13.6 Å². The molecule has 3 aromatic rings. The third kappa shape index (κ3) is 3.45. The molecule has 0 saturated heterocycles. The summed E-state index contributed by atoms with van der Waals surface area (Å²) in [6, 6.07) is 4.87. The van der Waals surface area contributed by atoms with E-state index >= 15 is 0 Å². The van der Waals surface area contributed by atoms with Crippen molar-refractivity contribution in [2.45, 2.75) is 13.5 Å². The van der Waals surface area contributed by atoms with Crippen LogP contribution in [0.3, 0.4) is 0 Å². The van der Waals surface area contributed by atoms with Gasteiger partial charge in [0.25, 0.3) is 0 Å². The minimum atomic E-state index is -1.20. The van der Waals surface area contributed by atoms with Gasteiger partial charge in [-0.15, -0.1) is 11.3 Å². The second kappa shape index (κ2) is 7.13. The summed E-state index contributed by atoms with van der Waals surface area (Å²) in [6.07, 6.45) is 0. The lowest BCUT2D eigenvalue weighted by molar-refractivity contribution is 0.0699. The van der Waals surface area contributed by atoms with E-state index in [1.54, 1.807) is 19.1 Å². The van der Waals surface area contributed by atoms with Crippen LogP contribution in [-0.2, 0) is 6.61 Å². The molecule has 27 heavy (non-hydrogen) atoms. The monoisotopic (exact) mass is 411 g/mol. The Kier molecular flexibility index (Phi) is 5.03. The maximum Gasteiger partial charge on any atom is 0.346 e. The number of carboxylic acid groups (broad SMARTS) is 1. The summed E-state index contributed by atoms with van der Waals surface area (Å²) in [6.45, 7) is 1.38. The van der Waals surface area contributed by atoms with Gasteiger partial charge in [-0.2, -0.15) is 0 Å². The first-order valence-corrected chi connectivity index (χ1v) is 8.75. The zero-order valence-electron chi connectivity index (χ0n) is 13.8. The molecule has 1 heterocycles. The molecule has 140 valence electrons. The number of primary amides is 1. The molecule has 0 radical (unpaired) electrons. The molecule has 0 aliphatic heterocycles. The number of carbonyl (C=O) groups excluding carboxylic acids is 1. The number of halogens is 3. The lowest BCUT2D eigenvalue weighted by Crippen LogP contribution is -2.12. The van der Waals surface area contributed by atoms with Crippen molar-refractivity contribution in [1.29, 1.82) is 0 Å². The number of carboxylic acids is 1. The standard InChI is InChI=1S/C18H12ClF2NO4S/c1-7-2-3-10(19)13-9(16(18(24)25)27-15(7)13)6-26-14-11(20)4-8(17(22)23)5-12(14)21/h2-5H,6H2,1H3,(H2,22,23)(H,24,25). The fraction of sp³-hybridized carbons (Fsp3) is 0.111. The molecular formula is C18H12ClF2NO4S. The van der Waals surface area contributed by atoms with Gasteiger partial charge in [0.1, 0.15) is 11.5 Å². The molecule has 3 rings (SSSR count). The quantitative estimate of drug-likeness (QED) is 0.646. The van der Waals surface area contributed by atoms with Crippen molar-refractivity contribution in [1.82, 2.24) is 0 Å². The first-order chi connectivity index (χ1) is 12.7. The topological polar surface area (TPSA) is 89.6 Å². The van der Waals surface area contributed by atoms with Crippen molar-refractivity contribution in [2.75, 3.05) is 0 Å². The van der Waals surface area contributed by atoms with E-state index in [9.17, 15) is 23.5 Å². The molecule has 0 unspecified atom stereocenters. The van der Waals surface area contributed by atoms with E-state index < -0.39 is 35.9 Å². The highest BCUT2D eigenvalue weighted by Gasteiger charge is 2.23. The molecule has 1 amide bonds. The van der Waals surface area contributed by atoms with Crippen LogP contribution in [-0.4, -0.2) is 17.0 Å². The highest BCUT2D eigenvalue weighted by atomic mass is 35.5. The molecule has 0 spiro atoms. The maximum absolute atomic E-state index is 14.1. The molecule has 2 aromatic carbocycles. The SMILES string of the molecule is Cc1ccc(Cl)c2c(COc3c(F)cc(C(N)=O)cc3F)c(C(=O)O)sc12. The lowest BCUT2D eigenvalue weighted by atomic mass is 10.1. The number of fused-ring (bicyclic) bond motifs is 1. The Morgan fingerprint density at radius 1 is 1.26 bits per heavy atom. The zero-order chi connectivity index (χ0) is 19.9. The molecule has 0 fully saturated rings. The van der Waals surface area contributed by atoms with Gasteiger partial charge in [0.05, 0.1) is 0 Å². The summed E-state index contributed by atoms with van der Waals surface area (Å²) < 4.78 is 34.1. The van der Waals surface area contributed by atoms with Crippen LogP contribution in [0.15, 0.2) is 24.3 Å². The van der Waals surface area contributed by atoms with Crippen molar-refractivity contribution in [3.05, 3.63) is 62.5 Å². The van der Waals surface area contributed by atoms with E-state index in [4.69, 9.17) is 22.1 Å². The summed E-state index contributed by atoms with van der Waals surface area (Å²) in [4.78, 5) is 22.6. The van der Waals surface area contributed by atoms with Crippen molar-refractivity contribution >= 4 is 44.9 Å². The van der Waals surface area contributed by atoms with Crippen LogP contribution in [0, 0.1) is 18.6 Å². The number of aryl methyl sites for hydroxylation is 1. The minimum Gasteiger partial charge on any atom is -0.483 e. The highest BCUT2D eigenvalue weighted by molar-refractivity contribution is 7.21. The Bertz CT molecular complexity index is 1070. The van der Waals surface area contributed by atoms with Crippen molar-refractivity contribution in [3.63, 3.8) is 0 Å². The number of nitrogens with two attached hydrogens (primary N) is 1. The molecule has 3 N–H and O–H groups in total. The van der Waals surface area contributed by atoms with Crippen molar-refractivity contribution in [2.24, 2.45) is 5.73 Å². The smallest absolute Gasteiger partial charge is 0.346 e. The maximum atomic E-state index is 14.1. The van der Waals surface area contributed by atoms with E-state index in [0.717, 1.165) is 29.0 Å². The number of thiophene rings is 1. The third-order valence-electron chi connectivity index (χ3n) is 3.92. The third-order valence-corrected chi connectivity index (χ3v) is 5.59. The predicted molar refractivity (Wildman–Crippen MR) is 97.7 cm³/mol.